The monoisotopic (exact) mass is 1350 g/mol. The number of carbonyl (C=O) groups excluding carboxylic acids is 8. The van der Waals surface area contributed by atoms with Crippen molar-refractivity contribution in [2.24, 2.45) is 11.7 Å². The van der Waals surface area contributed by atoms with Crippen molar-refractivity contribution in [1.82, 2.24) is 46.6 Å². The van der Waals surface area contributed by atoms with Crippen LogP contribution in [0.5, 0.6) is 17.2 Å². The topological polar surface area (TPSA) is 463 Å². The Kier molecular flexibility index (Phi) is 25.1. The average molecular weight is 1350 g/mol. The average Bonchev–Trinajstić information content (AvgIpc) is 1.62. The molecule has 3 aliphatic rings. The molecule has 33 heteroatoms. The van der Waals surface area contributed by atoms with E-state index in [0.29, 0.717) is 28.8 Å². The van der Waals surface area contributed by atoms with Crippen LogP contribution in [0.3, 0.4) is 0 Å². The van der Waals surface area contributed by atoms with Gasteiger partial charge in [0.25, 0.3) is 18.2 Å². The third-order valence-corrected chi connectivity index (χ3v) is 17.3. The SMILES string of the molecule is COCCCCOc1ccc(-c2ccc(-c3nnc(-c4ccc(C(=O)NC5CC(O)CNC(=O)C6C(O)C(C)CN6C(=O)C(C(O)CC(N)=O)NC(=O)C(C(O)Cc6ccc(O)c(OSOOO)c6)NC(=O)C6CC(O)CN6C(=O)C(C(C)O)NC5=O)cc4)s3)cc2)cc1. The normalized spacial score (nSPS) is 24.3. The molecule has 13 unspecified atom stereocenters. The van der Waals surface area contributed by atoms with E-state index in [1.807, 2.05) is 48.5 Å². The Morgan fingerprint density at radius 3 is 1.98 bits per heavy atom. The number of carbonyl (C=O) groups is 8. The van der Waals surface area contributed by atoms with Crippen molar-refractivity contribution in [2.75, 3.05) is 40.0 Å². The number of methoxy groups -OCH3 is 1. The minimum Gasteiger partial charge on any atom is -0.504 e. The van der Waals surface area contributed by atoms with Gasteiger partial charge >= 0.3 is 0 Å². The minimum atomic E-state index is -2.22. The van der Waals surface area contributed by atoms with Gasteiger partial charge in [0.05, 0.1) is 49.7 Å². The number of phenolic OH excluding ortho intramolecular Hbond substituents is 1. The molecule has 0 aliphatic carbocycles. The van der Waals surface area contributed by atoms with Crippen LogP contribution in [0.15, 0.2) is 91.0 Å². The van der Waals surface area contributed by atoms with Gasteiger partial charge in [-0.25, -0.2) is 5.26 Å². The van der Waals surface area contributed by atoms with Crippen LogP contribution in [0.4, 0.5) is 0 Å². The molecule has 8 rings (SSSR count). The van der Waals surface area contributed by atoms with Crippen LogP contribution >= 0.6 is 23.7 Å². The number of primary amides is 1. The van der Waals surface area contributed by atoms with Gasteiger partial charge in [-0.05, 0) is 72.9 Å². The summed E-state index contributed by atoms with van der Waals surface area (Å²) in [5.41, 5.74) is 8.82. The lowest BCUT2D eigenvalue weighted by atomic mass is 9.98. The van der Waals surface area contributed by atoms with Gasteiger partial charge in [-0.15, -0.1) is 10.2 Å². The molecule has 94 heavy (non-hydrogen) atoms. The molecular weight excluding hydrogens is 1270 g/mol. The fourth-order valence-corrected chi connectivity index (χ4v) is 12.1. The first kappa shape index (κ1) is 71.4. The molecule has 506 valence electrons. The third-order valence-electron chi connectivity index (χ3n) is 16.0. The molecule has 31 nitrogen and oxygen atoms in total. The molecule has 3 saturated heterocycles. The second kappa shape index (κ2) is 33.1. The zero-order valence-corrected chi connectivity index (χ0v) is 52.6. The fourth-order valence-electron chi connectivity index (χ4n) is 11.0. The standard InChI is InChI=1S/C61H74N10O21S2/c1-30-28-71-51(52(30)79)57(84)63-27-38(73)24-41(64-53(80)35-9-13-37(14-10-35)59-69-68-58(93-59)36-11-7-33(8-12-36)34-15-17-40(18-16-34)89-21-5-4-20-88-3)54(81)65-48(31(2)72)60(85)70-29-39(74)25-42(70)55(82)66-49(56(83)67-50(61(71)86)45(77)26-47(62)78)44(76)22-32-6-19-43(75)46(23-32)90-94-92-91-87/h6-19,23,30-31,38-39,41-42,44-45,48-52,72-77,79,87H,4-5,20-22,24-29H2,1-3H3,(H2,62,78)(H,63,84)(H,64,80)(H,65,81)(H,66,82)(H,67,83). The summed E-state index contributed by atoms with van der Waals surface area (Å²) in [4.78, 5) is 115. The Morgan fingerprint density at radius 1 is 0.734 bits per heavy atom. The van der Waals surface area contributed by atoms with E-state index in [0.717, 1.165) is 64.1 Å². The van der Waals surface area contributed by atoms with Crippen molar-refractivity contribution in [3.63, 3.8) is 0 Å². The Balaban J connectivity index is 1.05. The van der Waals surface area contributed by atoms with Gasteiger partial charge in [-0.2, -0.15) is 0 Å². The van der Waals surface area contributed by atoms with E-state index in [1.165, 1.54) is 36.5 Å². The Bertz CT molecular complexity index is 3460. The summed E-state index contributed by atoms with van der Waals surface area (Å²) in [5, 5.41) is 113. The number of aromatic hydroxyl groups is 1. The summed E-state index contributed by atoms with van der Waals surface area (Å²) >= 11 is 1.34. The number of hydrogen-bond acceptors (Lipinski definition) is 25. The van der Waals surface area contributed by atoms with Gasteiger partial charge < -0.3 is 91.5 Å². The number of fused-ring (bicyclic) bond motifs is 2. The first-order valence-corrected chi connectivity index (χ1v) is 31.3. The Labute approximate surface area is 546 Å². The largest absolute Gasteiger partial charge is 0.504 e. The van der Waals surface area contributed by atoms with E-state index < -0.39 is 177 Å². The van der Waals surface area contributed by atoms with Crippen LogP contribution in [0, 0.1) is 5.92 Å². The molecule has 4 aromatic carbocycles. The maximum Gasteiger partial charge on any atom is 0.261 e. The van der Waals surface area contributed by atoms with E-state index in [-0.39, 0.29) is 29.2 Å². The van der Waals surface area contributed by atoms with Gasteiger partial charge in [0.15, 0.2) is 11.5 Å². The molecule has 0 saturated carbocycles. The van der Waals surface area contributed by atoms with E-state index in [1.54, 1.807) is 19.2 Å². The number of nitrogens with zero attached hydrogens (tertiary/aromatic N) is 4. The van der Waals surface area contributed by atoms with Crippen molar-refractivity contribution in [1.29, 1.82) is 0 Å². The maximum atomic E-state index is 14.7. The number of aromatic nitrogens is 2. The first-order chi connectivity index (χ1) is 44.9. The number of hydrogen-bond donors (Lipinski definition) is 14. The highest BCUT2D eigenvalue weighted by Gasteiger charge is 2.50. The van der Waals surface area contributed by atoms with Crippen molar-refractivity contribution in [3.05, 3.63) is 102 Å². The summed E-state index contributed by atoms with van der Waals surface area (Å²) < 4.78 is 20.2. The summed E-state index contributed by atoms with van der Waals surface area (Å²) in [6, 6.07) is 13.4. The zero-order valence-electron chi connectivity index (χ0n) is 51.0. The molecule has 3 aliphatic heterocycles. The lowest BCUT2D eigenvalue weighted by Gasteiger charge is -2.33. The number of aliphatic hydroxyl groups is 6. The number of aliphatic hydroxyl groups excluding tert-OH is 6. The van der Waals surface area contributed by atoms with Crippen LogP contribution in [0.25, 0.3) is 32.3 Å². The highest BCUT2D eigenvalue weighted by atomic mass is 32.2. The Hall–Kier alpha value is -8.45. The molecule has 3 fully saturated rings. The van der Waals surface area contributed by atoms with Crippen LogP contribution in [0.1, 0.15) is 61.9 Å². The number of β-amino-alcohol motifs (C(OH)–C–C–N with tert-alkyl or cyclic N) is 1. The number of amides is 8. The van der Waals surface area contributed by atoms with Crippen molar-refractivity contribution in [3.8, 4) is 49.5 Å². The summed E-state index contributed by atoms with van der Waals surface area (Å²) in [5.74, 6) is -10.4. The molecule has 8 amide bonds. The van der Waals surface area contributed by atoms with E-state index in [9.17, 15) is 74.1 Å². The van der Waals surface area contributed by atoms with Gasteiger partial charge in [0, 0.05) is 75.2 Å². The summed E-state index contributed by atoms with van der Waals surface area (Å²) in [7, 11) is 1.66. The quantitative estimate of drug-likeness (QED) is 0.0175. The van der Waals surface area contributed by atoms with Gasteiger partial charge in [-0.3, -0.25) is 38.4 Å². The number of nitrogens with one attached hydrogen (secondary N) is 5. The molecule has 4 heterocycles. The fraction of sp³-hybridized carbons (Fsp3) is 0.443. The van der Waals surface area contributed by atoms with Crippen LogP contribution < -0.4 is 41.2 Å². The summed E-state index contributed by atoms with van der Waals surface area (Å²) in [6.07, 6.45) is -11.9. The van der Waals surface area contributed by atoms with Gasteiger partial charge in [0.1, 0.15) is 52.0 Å². The maximum absolute atomic E-state index is 14.7. The number of phenols is 1. The third kappa shape index (κ3) is 18.3. The molecule has 15 N–H and O–H groups in total. The Morgan fingerprint density at radius 2 is 1.34 bits per heavy atom. The van der Waals surface area contributed by atoms with E-state index >= 15 is 0 Å². The zero-order chi connectivity index (χ0) is 67.9. The number of ether oxygens (including phenoxy) is 2. The summed E-state index contributed by atoms with van der Waals surface area (Å²) in [6.45, 7) is 2.10. The highest BCUT2D eigenvalue weighted by Crippen LogP contribution is 2.34. The second-order valence-corrected chi connectivity index (χ2v) is 24.3. The van der Waals surface area contributed by atoms with Crippen LogP contribution in [0.2, 0.25) is 0 Å². The molecule has 0 spiro atoms. The van der Waals surface area contributed by atoms with Gasteiger partial charge in [-0.1, -0.05) is 82.2 Å². The number of rotatable bonds is 22. The molecule has 0 bridgehead atoms. The van der Waals surface area contributed by atoms with Crippen molar-refractivity contribution < 1.29 is 102 Å². The molecular formula is C61H74N10O21S2. The van der Waals surface area contributed by atoms with Crippen LogP contribution in [-0.2, 0) is 54.1 Å². The van der Waals surface area contributed by atoms with E-state index in [2.05, 4.69) is 46.2 Å². The molecule has 13 atom stereocenters. The number of unbranched alkanes of at least 4 members (excludes halogenated alkanes) is 1. The number of nitrogens with two attached hydrogens (primary N) is 1. The highest BCUT2D eigenvalue weighted by molar-refractivity contribution is 7.90. The first-order valence-electron chi connectivity index (χ1n) is 29.8. The predicted molar refractivity (Wildman–Crippen MR) is 333 cm³/mol. The van der Waals surface area contributed by atoms with Crippen molar-refractivity contribution >= 4 is 70.9 Å². The van der Waals surface area contributed by atoms with Gasteiger partial charge in [0.2, 0.25) is 41.4 Å². The van der Waals surface area contributed by atoms with E-state index in [4.69, 9.17) is 24.6 Å². The lowest BCUT2D eigenvalue weighted by molar-refractivity contribution is -0.433. The predicted octanol–water partition coefficient (Wildman–Crippen LogP) is -0.763. The smallest absolute Gasteiger partial charge is 0.261 e. The minimum absolute atomic E-state index is 0.00248. The molecule has 5 aromatic rings. The lowest BCUT2D eigenvalue weighted by Crippen LogP contribution is -2.64. The number of benzene rings is 4. The second-order valence-electron chi connectivity index (χ2n) is 22.9. The molecule has 0 radical (unpaired) electrons. The van der Waals surface area contributed by atoms with Crippen LogP contribution in [-0.4, -0.2) is 221 Å². The molecule has 1 aromatic heterocycles. The van der Waals surface area contributed by atoms with Crippen molar-refractivity contribution in [2.45, 2.75) is 125 Å².